The van der Waals surface area contributed by atoms with E-state index in [2.05, 4.69) is 42.0 Å². The van der Waals surface area contributed by atoms with Gasteiger partial charge >= 0.3 is 0 Å². The molecule has 0 bridgehead atoms. The molecule has 1 saturated carbocycles. The average molecular weight is 270 g/mol. The fraction of sp³-hybridized carbons (Fsp3) is 0.556. The summed E-state index contributed by atoms with van der Waals surface area (Å²) in [6, 6.07) is 9.09. The maximum atomic E-state index is 6.01. The smallest absolute Gasteiger partial charge is 0.0513 e. The lowest BCUT2D eigenvalue weighted by atomic mass is 9.89. The van der Waals surface area contributed by atoms with Gasteiger partial charge in [-0.2, -0.15) is 0 Å². The maximum Gasteiger partial charge on any atom is 0.0513 e. The zero-order valence-electron chi connectivity index (χ0n) is 12.5. The van der Waals surface area contributed by atoms with Crippen molar-refractivity contribution >= 4 is 10.9 Å². The summed E-state index contributed by atoms with van der Waals surface area (Å²) in [6.45, 7) is 3.27. The van der Waals surface area contributed by atoms with Crippen molar-refractivity contribution in [3.8, 4) is 0 Å². The number of nitrogens with zero attached hydrogens (tertiary/aromatic N) is 1. The molecule has 0 saturated heterocycles. The standard InChI is InChI=1S/C18H26N2/c1-14(19)12-17-9-5-8-16-10-11-20(18(16)17)13-15-6-3-2-4-7-15/h5,8-11,14-15H,2-4,6-7,12-13,19H2,1H3. The van der Waals surface area contributed by atoms with Gasteiger partial charge in [-0.3, -0.25) is 0 Å². The Morgan fingerprint density at radius 2 is 2.00 bits per heavy atom. The van der Waals surface area contributed by atoms with Crippen LogP contribution in [0.4, 0.5) is 0 Å². The predicted octanol–water partition coefficient (Wildman–Crippen LogP) is 4.11. The molecule has 1 unspecified atom stereocenters. The lowest BCUT2D eigenvalue weighted by molar-refractivity contribution is 0.322. The number of fused-ring (bicyclic) bond motifs is 1. The predicted molar refractivity (Wildman–Crippen MR) is 85.9 cm³/mol. The molecule has 1 atom stereocenters. The summed E-state index contributed by atoms with van der Waals surface area (Å²) in [5, 5.41) is 1.36. The Balaban J connectivity index is 1.89. The molecular formula is C18H26N2. The van der Waals surface area contributed by atoms with E-state index in [1.165, 1.54) is 55.1 Å². The van der Waals surface area contributed by atoms with Gasteiger partial charge in [0.15, 0.2) is 0 Å². The molecule has 2 N–H and O–H groups in total. The van der Waals surface area contributed by atoms with E-state index in [4.69, 9.17) is 5.73 Å². The number of benzene rings is 1. The van der Waals surface area contributed by atoms with Crippen molar-refractivity contribution in [2.75, 3.05) is 0 Å². The molecule has 1 aromatic carbocycles. The molecular weight excluding hydrogens is 244 g/mol. The molecule has 1 fully saturated rings. The Kier molecular flexibility index (Phi) is 4.11. The van der Waals surface area contributed by atoms with Crippen molar-refractivity contribution in [1.82, 2.24) is 4.57 Å². The van der Waals surface area contributed by atoms with Crippen LogP contribution in [-0.2, 0) is 13.0 Å². The van der Waals surface area contributed by atoms with Crippen molar-refractivity contribution in [3.05, 3.63) is 36.0 Å². The molecule has 2 aromatic rings. The largest absolute Gasteiger partial charge is 0.347 e. The molecule has 3 rings (SSSR count). The van der Waals surface area contributed by atoms with Crippen LogP contribution >= 0.6 is 0 Å². The van der Waals surface area contributed by atoms with E-state index in [0.29, 0.717) is 0 Å². The molecule has 0 radical (unpaired) electrons. The molecule has 1 heterocycles. The highest BCUT2D eigenvalue weighted by Gasteiger charge is 2.16. The van der Waals surface area contributed by atoms with Crippen LogP contribution in [0, 0.1) is 5.92 Å². The second-order valence-electron chi connectivity index (χ2n) is 6.51. The van der Waals surface area contributed by atoms with Crippen LogP contribution in [0.2, 0.25) is 0 Å². The zero-order valence-corrected chi connectivity index (χ0v) is 12.5. The van der Waals surface area contributed by atoms with E-state index in [1.54, 1.807) is 0 Å². The van der Waals surface area contributed by atoms with E-state index in [1.807, 2.05) is 0 Å². The van der Waals surface area contributed by atoms with E-state index in [9.17, 15) is 0 Å². The Morgan fingerprint density at radius 1 is 1.20 bits per heavy atom. The van der Waals surface area contributed by atoms with E-state index in [0.717, 1.165) is 12.3 Å². The van der Waals surface area contributed by atoms with Crippen molar-refractivity contribution in [2.45, 2.75) is 58.0 Å². The van der Waals surface area contributed by atoms with Crippen LogP contribution in [-0.4, -0.2) is 10.6 Å². The monoisotopic (exact) mass is 270 g/mol. The van der Waals surface area contributed by atoms with Gasteiger partial charge in [0.2, 0.25) is 0 Å². The van der Waals surface area contributed by atoms with Crippen LogP contribution in [0.1, 0.15) is 44.6 Å². The van der Waals surface area contributed by atoms with Crippen LogP contribution in [0.15, 0.2) is 30.5 Å². The summed E-state index contributed by atoms with van der Waals surface area (Å²) in [4.78, 5) is 0. The molecule has 0 amide bonds. The molecule has 108 valence electrons. The van der Waals surface area contributed by atoms with Gasteiger partial charge in [-0.25, -0.2) is 0 Å². The van der Waals surface area contributed by atoms with Crippen LogP contribution in [0.5, 0.6) is 0 Å². The van der Waals surface area contributed by atoms with E-state index < -0.39 is 0 Å². The summed E-state index contributed by atoms with van der Waals surface area (Å²) in [7, 11) is 0. The number of rotatable bonds is 4. The number of hydrogen-bond donors (Lipinski definition) is 1. The number of hydrogen-bond acceptors (Lipinski definition) is 1. The highest BCUT2D eigenvalue weighted by Crippen LogP contribution is 2.28. The second kappa shape index (κ2) is 6.01. The molecule has 1 aromatic heterocycles. The van der Waals surface area contributed by atoms with Crippen molar-refractivity contribution < 1.29 is 0 Å². The van der Waals surface area contributed by atoms with Gasteiger partial charge < -0.3 is 10.3 Å². The topological polar surface area (TPSA) is 30.9 Å². The Labute approximate surface area is 122 Å². The third kappa shape index (κ3) is 2.90. The fourth-order valence-corrected chi connectivity index (χ4v) is 3.65. The van der Waals surface area contributed by atoms with E-state index in [-0.39, 0.29) is 6.04 Å². The molecule has 0 spiro atoms. The maximum absolute atomic E-state index is 6.01. The first-order valence-electron chi connectivity index (χ1n) is 8.06. The number of para-hydroxylation sites is 1. The average Bonchev–Trinajstić information content (AvgIpc) is 2.84. The minimum Gasteiger partial charge on any atom is -0.347 e. The Hall–Kier alpha value is -1.28. The summed E-state index contributed by atoms with van der Waals surface area (Å²) in [5.74, 6) is 0.864. The normalized spacial score (nSPS) is 18.5. The van der Waals surface area contributed by atoms with Gasteiger partial charge in [-0.1, -0.05) is 37.5 Å². The molecule has 1 aliphatic carbocycles. The summed E-state index contributed by atoms with van der Waals surface area (Å²) in [5.41, 5.74) is 8.82. The van der Waals surface area contributed by atoms with Crippen molar-refractivity contribution in [2.24, 2.45) is 11.7 Å². The highest BCUT2D eigenvalue weighted by atomic mass is 15.0. The lowest BCUT2D eigenvalue weighted by Gasteiger charge is -2.23. The van der Waals surface area contributed by atoms with Crippen LogP contribution in [0.3, 0.4) is 0 Å². The van der Waals surface area contributed by atoms with Gasteiger partial charge in [0.25, 0.3) is 0 Å². The number of aromatic nitrogens is 1. The lowest BCUT2D eigenvalue weighted by Crippen LogP contribution is -2.19. The van der Waals surface area contributed by atoms with Gasteiger partial charge in [0, 0.05) is 18.8 Å². The SMILES string of the molecule is CC(N)Cc1cccc2ccn(CC3CCCCC3)c12. The third-order valence-electron chi connectivity index (χ3n) is 4.59. The van der Waals surface area contributed by atoms with Gasteiger partial charge in [0.1, 0.15) is 0 Å². The summed E-state index contributed by atoms with van der Waals surface area (Å²) < 4.78 is 2.48. The van der Waals surface area contributed by atoms with Gasteiger partial charge in [-0.05, 0) is 49.1 Å². The number of nitrogens with two attached hydrogens (primary N) is 1. The first kappa shape index (κ1) is 13.7. The first-order chi connectivity index (χ1) is 9.74. The van der Waals surface area contributed by atoms with Crippen molar-refractivity contribution in [1.29, 1.82) is 0 Å². The third-order valence-corrected chi connectivity index (χ3v) is 4.59. The van der Waals surface area contributed by atoms with Crippen LogP contribution in [0.25, 0.3) is 10.9 Å². The molecule has 20 heavy (non-hydrogen) atoms. The fourth-order valence-electron chi connectivity index (χ4n) is 3.65. The molecule has 1 aliphatic rings. The minimum atomic E-state index is 0.221. The quantitative estimate of drug-likeness (QED) is 0.890. The van der Waals surface area contributed by atoms with Crippen molar-refractivity contribution in [3.63, 3.8) is 0 Å². The zero-order chi connectivity index (χ0) is 13.9. The minimum absolute atomic E-state index is 0.221. The highest BCUT2D eigenvalue weighted by molar-refractivity contribution is 5.83. The molecule has 2 heteroatoms. The van der Waals surface area contributed by atoms with Crippen LogP contribution < -0.4 is 5.73 Å². The second-order valence-corrected chi connectivity index (χ2v) is 6.51. The molecule has 2 nitrogen and oxygen atoms in total. The van der Waals surface area contributed by atoms with Gasteiger partial charge in [-0.15, -0.1) is 0 Å². The van der Waals surface area contributed by atoms with E-state index >= 15 is 0 Å². The van der Waals surface area contributed by atoms with Gasteiger partial charge in [0.05, 0.1) is 5.52 Å². The first-order valence-corrected chi connectivity index (χ1v) is 8.06. The summed E-state index contributed by atoms with van der Waals surface area (Å²) >= 11 is 0. The molecule has 0 aliphatic heterocycles. The summed E-state index contributed by atoms with van der Waals surface area (Å²) in [6.07, 6.45) is 10.3. The Bertz CT molecular complexity index is 562. The Morgan fingerprint density at radius 3 is 2.75 bits per heavy atom.